The number of halogens is 1. The zero-order valence-corrected chi connectivity index (χ0v) is 10.8. The van der Waals surface area contributed by atoms with Gasteiger partial charge in [0, 0.05) is 11.3 Å². The van der Waals surface area contributed by atoms with E-state index >= 15 is 0 Å². The van der Waals surface area contributed by atoms with Crippen LogP contribution in [0.4, 0.5) is 4.39 Å². The van der Waals surface area contributed by atoms with Crippen LogP contribution in [0.15, 0.2) is 45.9 Å². The van der Waals surface area contributed by atoms with Crippen molar-refractivity contribution in [1.29, 1.82) is 0 Å². The molecular formula is C14H13FO2S. The quantitative estimate of drug-likeness (QED) is 0.772. The Hall–Kier alpha value is -1.55. The van der Waals surface area contributed by atoms with Gasteiger partial charge in [-0.1, -0.05) is 12.1 Å². The Labute approximate surface area is 109 Å². The molecule has 2 rings (SSSR count). The van der Waals surface area contributed by atoms with Crippen LogP contribution in [0, 0.1) is 12.7 Å². The van der Waals surface area contributed by atoms with Gasteiger partial charge in [-0.25, -0.2) is 4.39 Å². The molecule has 0 atom stereocenters. The van der Waals surface area contributed by atoms with Crippen molar-refractivity contribution >= 4 is 17.5 Å². The second kappa shape index (κ2) is 5.87. The lowest BCUT2D eigenvalue weighted by molar-refractivity contribution is -0.116. The van der Waals surface area contributed by atoms with Crippen LogP contribution in [-0.4, -0.2) is 11.5 Å². The minimum absolute atomic E-state index is 0.118. The molecule has 0 fully saturated rings. The molecule has 1 heterocycles. The molecule has 0 amide bonds. The van der Waals surface area contributed by atoms with Crippen LogP contribution in [0.5, 0.6) is 0 Å². The van der Waals surface area contributed by atoms with E-state index in [4.69, 9.17) is 4.42 Å². The SMILES string of the molecule is Cc1occc1SCC(=O)Cc1ccc(F)cc1. The van der Waals surface area contributed by atoms with E-state index in [2.05, 4.69) is 0 Å². The molecule has 0 unspecified atom stereocenters. The number of furan rings is 1. The second-order valence-electron chi connectivity index (χ2n) is 3.97. The molecule has 2 aromatic rings. The third-order valence-corrected chi connectivity index (χ3v) is 3.72. The smallest absolute Gasteiger partial charge is 0.147 e. The van der Waals surface area contributed by atoms with E-state index in [-0.39, 0.29) is 11.6 Å². The molecule has 94 valence electrons. The van der Waals surface area contributed by atoms with Gasteiger partial charge in [0.1, 0.15) is 17.4 Å². The lowest BCUT2D eigenvalue weighted by atomic mass is 10.1. The molecule has 1 aromatic carbocycles. The van der Waals surface area contributed by atoms with Crippen molar-refractivity contribution in [2.24, 2.45) is 0 Å². The summed E-state index contributed by atoms with van der Waals surface area (Å²) < 4.78 is 17.9. The van der Waals surface area contributed by atoms with Crippen LogP contribution in [0.3, 0.4) is 0 Å². The molecule has 0 saturated heterocycles. The maximum atomic E-state index is 12.7. The van der Waals surface area contributed by atoms with Gasteiger partial charge in [-0.2, -0.15) is 0 Å². The van der Waals surface area contributed by atoms with Crippen LogP contribution in [0.2, 0.25) is 0 Å². The van der Waals surface area contributed by atoms with Gasteiger partial charge in [0.05, 0.1) is 12.0 Å². The van der Waals surface area contributed by atoms with Gasteiger partial charge in [-0.05, 0) is 30.7 Å². The van der Waals surface area contributed by atoms with Crippen molar-refractivity contribution in [2.75, 3.05) is 5.75 Å². The van der Waals surface area contributed by atoms with Crippen molar-refractivity contribution in [2.45, 2.75) is 18.2 Å². The zero-order valence-electron chi connectivity index (χ0n) is 9.98. The van der Waals surface area contributed by atoms with E-state index in [9.17, 15) is 9.18 Å². The average Bonchev–Trinajstić information content (AvgIpc) is 2.75. The lowest BCUT2D eigenvalue weighted by Gasteiger charge is -2.01. The van der Waals surface area contributed by atoms with Gasteiger partial charge in [-0.3, -0.25) is 4.79 Å². The number of aryl methyl sites for hydroxylation is 1. The molecule has 0 saturated carbocycles. The highest BCUT2D eigenvalue weighted by Gasteiger charge is 2.07. The van der Waals surface area contributed by atoms with Gasteiger partial charge < -0.3 is 4.42 Å². The van der Waals surface area contributed by atoms with Crippen LogP contribution < -0.4 is 0 Å². The average molecular weight is 264 g/mol. The molecule has 0 aliphatic heterocycles. The summed E-state index contributed by atoms with van der Waals surface area (Å²) in [5.74, 6) is 1.06. The lowest BCUT2D eigenvalue weighted by Crippen LogP contribution is -2.05. The first-order chi connectivity index (χ1) is 8.65. The van der Waals surface area contributed by atoms with Gasteiger partial charge in [0.15, 0.2) is 0 Å². The van der Waals surface area contributed by atoms with Crippen molar-refractivity contribution < 1.29 is 13.6 Å². The number of ketones is 1. The number of hydrogen-bond acceptors (Lipinski definition) is 3. The topological polar surface area (TPSA) is 30.2 Å². The monoisotopic (exact) mass is 264 g/mol. The third-order valence-electron chi connectivity index (χ3n) is 2.51. The van der Waals surface area contributed by atoms with Crippen LogP contribution in [0.25, 0.3) is 0 Å². The number of carbonyl (C=O) groups is 1. The predicted octanol–water partition coefficient (Wildman–Crippen LogP) is 3.63. The third kappa shape index (κ3) is 3.47. The summed E-state index contributed by atoms with van der Waals surface area (Å²) in [4.78, 5) is 12.7. The molecule has 0 spiro atoms. The Balaban J connectivity index is 1.86. The Kier molecular flexibility index (Phi) is 4.20. The summed E-state index contributed by atoms with van der Waals surface area (Å²) in [6, 6.07) is 7.87. The highest BCUT2D eigenvalue weighted by molar-refractivity contribution is 8.00. The molecule has 1 aromatic heterocycles. The minimum Gasteiger partial charge on any atom is -0.468 e. The molecule has 2 nitrogen and oxygen atoms in total. The maximum Gasteiger partial charge on any atom is 0.147 e. The molecule has 18 heavy (non-hydrogen) atoms. The van der Waals surface area contributed by atoms with Gasteiger partial charge >= 0.3 is 0 Å². The number of carbonyl (C=O) groups excluding carboxylic acids is 1. The van der Waals surface area contributed by atoms with Gasteiger partial charge in [0.2, 0.25) is 0 Å². The highest BCUT2D eigenvalue weighted by atomic mass is 32.2. The number of thioether (sulfide) groups is 1. The Morgan fingerprint density at radius 1 is 1.28 bits per heavy atom. The molecule has 0 aliphatic carbocycles. The Bertz CT molecular complexity index is 531. The summed E-state index contributed by atoms with van der Waals surface area (Å²) >= 11 is 1.47. The fourth-order valence-corrected chi connectivity index (χ4v) is 2.38. The second-order valence-corrected chi connectivity index (χ2v) is 4.99. The van der Waals surface area contributed by atoms with Crippen LogP contribution >= 0.6 is 11.8 Å². The van der Waals surface area contributed by atoms with Crippen LogP contribution in [0.1, 0.15) is 11.3 Å². The normalized spacial score (nSPS) is 10.6. The van der Waals surface area contributed by atoms with Crippen LogP contribution in [-0.2, 0) is 11.2 Å². The molecule has 0 radical (unpaired) electrons. The standard InChI is InChI=1S/C14H13FO2S/c1-10-14(6-7-17-10)18-9-13(16)8-11-2-4-12(15)5-3-11/h2-7H,8-9H2,1H3. The van der Waals surface area contributed by atoms with E-state index in [0.29, 0.717) is 12.2 Å². The summed E-state index contributed by atoms with van der Waals surface area (Å²) in [7, 11) is 0. The minimum atomic E-state index is -0.283. The fraction of sp³-hybridized carbons (Fsp3) is 0.214. The van der Waals surface area contributed by atoms with Gasteiger partial charge in [-0.15, -0.1) is 11.8 Å². The maximum absolute atomic E-state index is 12.7. The van der Waals surface area contributed by atoms with Crippen molar-refractivity contribution in [3.63, 3.8) is 0 Å². The molecule has 4 heteroatoms. The highest BCUT2D eigenvalue weighted by Crippen LogP contribution is 2.23. The number of benzene rings is 1. The summed E-state index contributed by atoms with van der Waals surface area (Å²) in [6.45, 7) is 1.87. The first kappa shape index (κ1) is 12.9. The molecular weight excluding hydrogens is 251 g/mol. The van der Waals surface area contributed by atoms with Crippen molar-refractivity contribution in [1.82, 2.24) is 0 Å². The molecule has 0 N–H and O–H groups in total. The van der Waals surface area contributed by atoms with Crippen molar-refractivity contribution in [3.05, 3.63) is 53.7 Å². The van der Waals surface area contributed by atoms with E-state index in [1.165, 1.54) is 23.9 Å². The summed E-state index contributed by atoms with van der Waals surface area (Å²) in [5.41, 5.74) is 0.839. The number of Topliss-reactive ketones (excluding diaryl/α,β-unsaturated/α-hetero) is 1. The Morgan fingerprint density at radius 3 is 2.61 bits per heavy atom. The van der Waals surface area contributed by atoms with Crippen molar-refractivity contribution in [3.8, 4) is 0 Å². The van der Waals surface area contributed by atoms with E-state index < -0.39 is 0 Å². The molecule has 0 aliphatic rings. The Morgan fingerprint density at radius 2 is 2.00 bits per heavy atom. The largest absolute Gasteiger partial charge is 0.468 e. The predicted molar refractivity (Wildman–Crippen MR) is 69.3 cm³/mol. The zero-order chi connectivity index (χ0) is 13.0. The van der Waals surface area contributed by atoms with E-state index in [1.807, 2.05) is 13.0 Å². The fourth-order valence-electron chi connectivity index (χ4n) is 1.56. The first-order valence-electron chi connectivity index (χ1n) is 5.58. The molecule has 0 bridgehead atoms. The number of rotatable bonds is 5. The van der Waals surface area contributed by atoms with E-state index in [1.54, 1.807) is 18.4 Å². The number of hydrogen-bond donors (Lipinski definition) is 0. The first-order valence-corrected chi connectivity index (χ1v) is 6.57. The summed E-state index contributed by atoms with van der Waals surface area (Å²) in [5, 5.41) is 0. The van der Waals surface area contributed by atoms with E-state index in [0.717, 1.165) is 16.2 Å². The summed E-state index contributed by atoms with van der Waals surface area (Å²) in [6.07, 6.45) is 1.95. The van der Waals surface area contributed by atoms with Gasteiger partial charge in [0.25, 0.3) is 0 Å².